The van der Waals surface area contributed by atoms with E-state index in [4.69, 9.17) is 0 Å². The van der Waals surface area contributed by atoms with Crippen LogP contribution in [-0.2, 0) is 11.2 Å². The van der Waals surface area contributed by atoms with E-state index >= 15 is 0 Å². The van der Waals surface area contributed by atoms with Gasteiger partial charge in [0.25, 0.3) is 11.1 Å². The molecule has 2 aromatic rings. The number of hydrogen-bond donors (Lipinski definition) is 1. The van der Waals surface area contributed by atoms with Crippen molar-refractivity contribution in [2.45, 2.75) is 18.7 Å². The molecule has 2 aromatic carbocycles. The van der Waals surface area contributed by atoms with E-state index in [2.05, 4.69) is 28.2 Å². The zero-order chi connectivity index (χ0) is 16.4. The number of imide groups is 1. The summed E-state index contributed by atoms with van der Waals surface area (Å²) in [6.07, 6.45) is 0.860. The fourth-order valence-corrected chi connectivity index (χ4v) is 3.59. The predicted molar refractivity (Wildman–Crippen MR) is 97.8 cm³/mol. The Morgan fingerprint density at radius 3 is 2.52 bits per heavy atom. The number of benzene rings is 2. The van der Waals surface area contributed by atoms with Gasteiger partial charge >= 0.3 is 0 Å². The Labute approximate surface area is 147 Å². The number of rotatable bonds is 4. The Morgan fingerprint density at radius 2 is 1.83 bits per heavy atom. The number of anilines is 2. The minimum Gasteiger partial charge on any atom is -0.365 e. The number of carbonyl (C=O) groups is 2. The SMILES string of the molecule is CCc1ccccc1NC1SC(=O)N(c2ccc(Br)cc2)C1=O. The molecule has 2 amide bonds. The quantitative estimate of drug-likeness (QED) is 0.825. The van der Waals surface area contributed by atoms with Crippen LogP contribution in [0.1, 0.15) is 12.5 Å². The van der Waals surface area contributed by atoms with Crippen LogP contribution in [-0.4, -0.2) is 16.5 Å². The van der Waals surface area contributed by atoms with Gasteiger partial charge in [0, 0.05) is 10.2 Å². The van der Waals surface area contributed by atoms with Gasteiger partial charge in [-0.3, -0.25) is 9.59 Å². The highest BCUT2D eigenvalue weighted by atomic mass is 79.9. The third-order valence-corrected chi connectivity index (χ3v) is 5.08. The van der Waals surface area contributed by atoms with Crippen molar-refractivity contribution in [2.75, 3.05) is 10.2 Å². The molecule has 0 saturated carbocycles. The van der Waals surface area contributed by atoms with Crippen LogP contribution in [0, 0.1) is 0 Å². The van der Waals surface area contributed by atoms with E-state index in [1.807, 2.05) is 36.4 Å². The highest BCUT2D eigenvalue weighted by Crippen LogP contribution is 2.33. The van der Waals surface area contributed by atoms with Crippen molar-refractivity contribution in [1.29, 1.82) is 0 Å². The lowest BCUT2D eigenvalue weighted by Crippen LogP contribution is -2.34. The molecule has 1 heterocycles. The first-order valence-electron chi connectivity index (χ1n) is 7.24. The van der Waals surface area contributed by atoms with Crippen molar-refractivity contribution < 1.29 is 9.59 Å². The first kappa shape index (κ1) is 16.1. The van der Waals surface area contributed by atoms with Crippen LogP contribution >= 0.6 is 27.7 Å². The Morgan fingerprint density at radius 1 is 1.13 bits per heavy atom. The first-order valence-corrected chi connectivity index (χ1v) is 8.92. The van der Waals surface area contributed by atoms with E-state index in [1.165, 1.54) is 4.90 Å². The molecule has 1 atom stereocenters. The highest BCUT2D eigenvalue weighted by molar-refractivity contribution is 9.10. The lowest BCUT2D eigenvalue weighted by molar-refractivity contribution is -0.116. The number of para-hydroxylation sites is 1. The first-order chi connectivity index (χ1) is 11.1. The van der Waals surface area contributed by atoms with Gasteiger partial charge in [0.05, 0.1) is 5.69 Å². The van der Waals surface area contributed by atoms with Crippen LogP contribution in [0.5, 0.6) is 0 Å². The number of amides is 2. The van der Waals surface area contributed by atoms with E-state index in [9.17, 15) is 9.59 Å². The van der Waals surface area contributed by atoms with E-state index in [0.717, 1.165) is 33.9 Å². The van der Waals surface area contributed by atoms with Crippen LogP contribution in [0.4, 0.5) is 16.2 Å². The van der Waals surface area contributed by atoms with Crippen molar-refractivity contribution in [2.24, 2.45) is 0 Å². The number of halogens is 1. The molecule has 23 heavy (non-hydrogen) atoms. The third-order valence-electron chi connectivity index (χ3n) is 3.62. The molecule has 4 nitrogen and oxygen atoms in total. The van der Waals surface area contributed by atoms with Gasteiger partial charge in [0.15, 0.2) is 5.37 Å². The molecule has 0 spiro atoms. The summed E-state index contributed by atoms with van der Waals surface area (Å²) in [5.74, 6) is -0.242. The van der Waals surface area contributed by atoms with Gasteiger partial charge in [-0.2, -0.15) is 0 Å². The lowest BCUT2D eigenvalue weighted by Gasteiger charge is -2.16. The number of hydrogen-bond acceptors (Lipinski definition) is 4. The number of aryl methyl sites for hydroxylation is 1. The van der Waals surface area contributed by atoms with Gasteiger partial charge in [-0.25, -0.2) is 4.90 Å². The summed E-state index contributed by atoms with van der Waals surface area (Å²) in [5, 5.41) is 2.33. The van der Waals surface area contributed by atoms with E-state index in [-0.39, 0.29) is 11.1 Å². The molecule has 0 bridgehead atoms. The topological polar surface area (TPSA) is 49.4 Å². The van der Waals surface area contributed by atoms with Gasteiger partial charge in [-0.05, 0) is 54.1 Å². The Balaban J connectivity index is 1.82. The van der Waals surface area contributed by atoms with Gasteiger partial charge < -0.3 is 5.32 Å². The van der Waals surface area contributed by atoms with Crippen LogP contribution in [0.25, 0.3) is 0 Å². The summed E-state index contributed by atoms with van der Waals surface area (Å²) < 4.78 is 0.902. The monoisotopic (exact) mass is 390 g/mol. The Bertz CT molecular complexity index is 749. The van der Waals surface area contributed by atoms with Crippen LogP contribution in [0.2, 0.25) is 0 Å². The molecular formula is C17H15BrN2O2S. The predicted octanol–water partition coefficient (Wildman–Crippen LogP) is 4.65. The molecule has 1 aliphatic heterocycles. The smallest absolute Gasteiger partial charge is 0.295 e. The summed E-state index contributed by atoms with van der Waals surface area (Å²) >= 11 is 4.36. The molecule has 3 rings (SSSR count). The maximum absolute atomic E-state index is 12.6. The second-order valence-corrected chi connectivity index (χ2v) is 7.04. The second kappa shape index (κ2) is 6.76. The molecule has 6 heteroatoms. The maximum Gasteiger partial charge on any atom is 0.295 e. The zero-order valence-electron chi connectivity index (χ0n) is 12.5. The number of nitrogens with one attached hydrogen (secondary N) is 1. The molecule has 1 unspecified atom stereocenters. The van der Waals surface area contributed by atoms with Crippen LogP contribution in [0.15, 0.2) is 53.0 Å². The highest BCUT2D eigenvalue weighted by Gasteiger charge is 2.40. The number of thioether (sulfide) groups is 1. The summed E-state index contributed by atoms with van der Waals surface area (Å²) in [6, 6.07) is 15.0. The normalized spacial score (nSPS) is 17.7. The van der Waals surface area contributed by atoms with Crippen molar-refractivity contribution in [3.63, 3.8) is 0 Å². The molecule has 0 radical (unpaired) electrons. The van der Waals surface area contributed by atoms with E-state index in [0.29, 0.717) is 5.69 Å². The molecule has 0 aliphatic carbocycles. The lowest BCUT2D eigenvalue weighted by atomic mass is 10.1. The average molecular weight is 391 g/mol. The van der Waals surface area contributed by atoms with Gasteiger partial charge in [0.2, 0.25) is 0 Å². The molecule has 1 aliphatic rings. The largest absolute Gasteiger partial charge is 0.365 e. The summed E-state index contributed by atoms with van der Waals surface area (Å²) in [5.41, 5.74) is 2.60. The van der Waals surface area contributed by atoms with Crippen molar-refractivity contribution in [3.05, 3.63) is 58.6 Å². The summed E-state index contributed by atoms with van der Waals surface area (Å²) in [7, 11) is 0. The van der Waals surface area contributed by atoms with Crippen LogP contribution in [0.3, 0.4) is 0 Å². The molecule has 118 valence electrons. The maximum atomic E-state index is 12.6. The standard InChI is InChI=1S/C17H15BrN2O2S/c1-2-11-5-3-4-6-14(11)19-15-16(21)20(17(22)23-15)13-9-7-12(18)8-10-13/h3-10,15,19H,2H2,1H3. The zero-order valence-corrected chi connectivity index (χ0v) is 14.9. The molecule has 1 saturated heterocycles. The minimum atomic E-state index is -0.598. The fourth-order valence-electron chi connectivity index (χ4n) is 2.44. The number of nitrogens with zero attached hydrogens (tertiary/aromatic N) is 1. The molecule has 1 N–H and O–H groups in total. The Hall–Kier alpha value is -1.79. The molecular weight excluding hydrogens is 376 g/mol. The minimum absolute atomic E-state index is 0.242. The van der Waals surface area contributed by atoms with E-state index in [1.54, 1.807) is 12.1 Å². The fraction of sp³-hybridized carbons (Fsp3) is 0.176. The average Bonchev–Trinajstić information content (AvgIpc) is 2.83. The number of carbonyl (C=O) groups excluding carboxylic acids is 2. The van der Waals surface area contributed by atoms with Crippen LogP contribution < -0.4 is 10.2 Å². The van der Waals surface area contributed by atoms with Crippen molar-refractivity contribution in [1.82, 2.24) is 0 Å². The third kappa shape index (κ3) is 3.28. The summed E-state index contributed by atoms with van der Waals surface area (Å²) in [4.78, 5) is 26.1. The van der Waals surface area contributed by atoms with Gasteiger partial charge in [-0.15, -0.1) is 0 Å². The molecule has 0 aromatic heterocycles. The van der Waals surface area contributed by atoms with Crippen molar-refractivity contribution in [3.8, 4) is 0 Å². The second-order valence-electron chi connectivity index (χ2n) is 5.07. The van der Waals surface area contributed by atoms with E-state index < -0.39 is 5.37 Å². The molecule has 1 fully saturated rings. The Kier molecular flexibility index (Phi) is 4.73. The van der Waals surface area contributed by atoms with Gasteiger partial charge in [-0.1, -0.05) is 41.1 Å². The van der Waals surface area contributed by atoms with Crippen molar-refractivity contribution >= 4 is 50.2 Å². The van der Waals surface area contributed by atoms with Gasteiger partial charge in [0.1, 0.15) is 0 Å². The summed E-state index contributed by atoms with van der Waals surface area (Å²) in [6.45, 7) is 2.06.